The zero-order chi connectivity index (χ0) is 12.1. The molecule has 17 heavy (non-hydrogen) atoms. The van der Waals surface area contributed by atoms with Gasteiger partial charge in [0.05, 0.1) is 18.4 Å². The van der Waals surface area contributed by atoms with Gasteiger partial charge in [0.2, 0.25) is 0 Å². The summed E-state index contributed by atoms with van der Waals surface area (Å²) in [4.78, 5) is 0. The minimum absolute atomic E-state index is 0.443. The average Bonchev–Trinajstić information content (AvgIpc) is 2.78. The summed E-state index contributed by atoms with van der Waals surface area (Å²) in [6.07, 6.45) is 2.39. The molecule has 1 aromatic rings. The summed E-state index contributed by atoms with van der Waals surface area (Å²) < 4.78 is 5.23. The van der Waals surface area contributed by atoms with Crippen molar-refractivity contribution < 1.29 is 4.74 Å². The Bertz CT molecular complexity index is 375. The van der Waals surface area contributed by atoms with Gasteiger partial charge in [0.15, 0.2) is 0 Å². The van der Waals surface area contributed by atoms with Crippen LogP contribution in [0.4, 0.5) is 0 Å². The van der Waals surface area contributed by atoms with Crippen molar-refractivity contribution in [1.82, 2.24) is 5.01 Å². The molecule has 1 atom stereocenters. The first-order chi connectivity index (χ1) is 8.31. The first-order valence-electron chi connectivity index (χ1n) is 6.17. The molecule has 1 unspecified atom stereocenters. The third-order valence-electron chi connectivity index (χ3n) is 3.18. The zero-order valence-corrected chi connectivity index (χ0v) is 10.6. The number of nitrogens with zero attached hydrogens (tertiary/aromatic N) is 2. The van der Waals surface area contributed by atoms with Crippen LogP contribution in [0.3, 0.4) is 0 Å². The molecule has 1 saturated heterocycles. The number of hydrazone groups is 1. The van der Waals surface area contributed by atoms with Crippen LogP contribution in [0.15, 0.2) is 35.4 Å². The smallest absolute Gasteiger partial charge is 0.0704 e. The summed E-state index contributed by atoms with van der Waals surface area (Å²) in [6, 6.07) is 10.8. The summed E-state index contributed by atoms with van der Waals surface area (Å²) in [7, 11) is 1.75. The Labute approximate surface area is 103 Å². The Morgan fingerprint density at radius 2 is 2.18 bits per heavy atom. The monoisotopic (exact) mass is 232 g/mol. The summed E-state index contributed by atoms with van der Waals surface area (Å²) >= 11 is 0. The van der Waals surface area contributed by atoms with Crippen LogP contribution in [0, 0.1) is 0 Å². The van der Waals surface area contributed by atoms with E-state index in [1.807, 2.05) is 18.2 Å². The molecule has 0 amide bonds. The highest BCUT2D eigenvalue weighted by Gasteiger charge is 2.23. The number of hydrogen-bond donors (Lipinski definition) is 0. The van der Waals surface area contributed by atoms with E-state index in [0.29, 0.717) is 6.04 Å². The molecule has 0 radical (unpaired) electrons. The molecule has 0 spiro atoms. The highest BCUT2D eigenvalue weighted by Crippen LogP contribution is 2.18. The second kappa shape index (κ2) is 5.82. The minimum Gasteiger partial charge on any atom is -0.382 e. The van der Waals surface area contributed by atoms with E-state index >= 15 is 0 Å². The molecular formula is C14H20N2O. The fraction of sp³-hybridized carbons (Fsp3) is 0.500. The van der Waals surface area contributed by atoms with Crippen molar-refractivity contribution in [3.05, 3.63) is 35.9 Å². The number of ether oxygens (including phenoxy) is 1. The number of methoxy groups -OCH3 is 1. The summed E-state index contributed by atoms with van der Waals surface area (Å²) in [6.45, 7) is 3.88. The van der Waals surface area contributed by atoms with Crippen LogP contribution in [-0.2, 0) is 4.74 Å². The van der Waals surface area contributed by atoms with Crippen molar-refractivity contribution >= 4 is 5.71 Å². The lowest BCUT2D eigenvalue weighted by Crippen LogP contribution is -2.29. The van der Waals surface area contributed by atoms with E-state index < -0.39 is 0 Å². The maximum absolute atomic E-state index is 5.23. The lowest BCUT2D eigenvalue weighted by molar-refractivity contribution is 0.118. The third-order valence-corrected chi connectivity index (χ3v) is 3.18. The predicted octanol–water partition coefficient (Wildman–Crippen LogP) is 2.52. The van der Waals surface area contributed by atoms with E-state index in [0.717, 1.165) is 18.9 Å². The summed E-state index contributed by atoms with van der Waals surface area (Å²) in [5.41, 5.74) is 2.27. The van der Waals surface area contributed by atoms with E-state index in [2.05, 4.69) is 24.1 Å². The van der Waals surface area contributed by atoms with Gasteiger partial charge in [-0.05, 0) is 25.3 Å². The van der Waals surface area contributed by atoms with Gasteiger partial charge in [0.25, 0.3) is 0 Å². The van der Waals surface area contributed by atoms with Crippen LogP contribution in [0.2, 0.25) is 0 Å². The molecule has 1 aliphatic rings. The van der Waals surface area contributed by atoms with Gasteiger partial charge < -0.3 is 4.74 Å². The average molecular weight is 232 g/mol. The van der Waals surface area contributed by atoms with Gasteiger partial charge in [-0.3, -0.25) is 5.01 Å². The standard InChI is InChI=1S/C14H20N2O/c1-12(13-7-4-3-5-8-13)15-16-10-6-9-14(16)11-17-2/h3-5,7-8,14H,6,9-11H2,1-2H3. The first-order valence-corrected chi connectivity index (χ1v) is 6.17. The van der Waals surface area contributed by atoms with E-state index in [1.54, 1.807) is 7.11 Å². The van der Waals surface area contributed by atoms with Gasteiger partial charge >= 0.3 is 0 Å². The molecule has 3 nitrogen and oxygen atoms in total. The van der Waals surface area contributed by atoms with E-state index in [1.165, 1.54) is 18.4 Å². The second-order valence-electron chi connectivity index (χ2n) is 4.47. The molecule has 0 aliphatic carbocycles. The molecule has 92 valence electrons. The maximum atomic E-state index is 5.23. The number of rotatable bonds is 4. The Morgan fingerprint density at radius 3 is 2.88 bits per heavy atom. The fourth-order valence-corrected chi connectivity index (χ4v) is 2.24. The maximum Gasteiger partial charge on any atom is 0.0704 e. The van der Waals surface area contributed by atoms with Gasteiger partial charge in [-0.2, -0.15) is 5.10 Å². The molecule has 0 N–H and O–H groups in total. The predicted molar refractivity (Wildman–Crippen MR) is 70.3 cm³/mol. The highest BCUT2D eigenvalue weighted by molar-refractivity contribution is 5.98. The molecule has 0 saturated carbocycles. The minimum atomic E-state index is 0.443. The van der Waals surface area contributed by atoms with Gasteiger partial charge in [0, 0.05) is 13.7 Å². The van der Waals surface area contributed by atoms with Gasteiger partial charge in [-0.15, -0.1) is 0 Å². The molecular weight excluding hydrogens is 212 g/mol. The van der Waals surface area contributed by atoms with Gasteiger partial charge in [0.1, 0.15) is 0 Å². The Morgan fingerprint density at radius 1 is 1.41 bits per heavy atom. The first kappa shape index (κ1) is 12.1. The molecule has 2 rings (SSSR count). The summed E-state index contributed by atoms with van der Waals surface area (Å²) in [5, 5.41) is 6.89. The fourth-order valence-electron chi connectivity index (χ4n) is 2.24. The lowest BCUT2D eigenvalue weighted by Gasteiger charge is -2.21. The van der Waals surface area contributed by atoms with Crippen molar-refractivity contribution in [3.63, 3.8) is 0 Å². The SMILES string of the molecule is COCC1CCCN1N=C(C)c1ccccc1. The largest absolute Gasteiger partial charge is 0.382 e. The third kappa shape index (κ3) is 3.07. The van der Waals surface area contributed by atoms with Crippen LogP contribution in [0.25, 0.3) is 0 Å². The van der Waals surface area contributed by atoms with Crippen molar-refractivity contribution in [3.8, 4) is 0 Å². The Kier molecular flexibility index (Phi) is 4.15. The lowest BCUT2D eigenvalue weighted by atomic mass is 10.1. The molecule has 3 heteroatoms. The zero-order valence-electron chi connectivity index (χ0n) is 10.6. The van der Waals surface area contributed by atoms with Crippen LogP contribution in [0.1, 0.15) is 25.3 Å². The number of benzene rings is 1. The topological polar surface area (TPSA) is 24.8 Å². The molecule has 0 bridgehead atoms. The molecule has 1 heterocycles. The van der Waals surface area contributed by atoms with Crippen LogP contribution >= 0.6 is 0 Å². The summed E-state index contributed by atoms with van der Waals surface area (Å²) in [5.74, 6) is 0. The molecule has 1 aromatic carbocycles. The van der Waals surface area contributed by atoms with Crippen molar-refractivity contribution in [2.24, 2.45) is 5.10 Å². The van der Waals surface area contributed by atoms with E-state index in [4.69, 9.17) is 9.84 Å². The second-order valence-corrected chi connectivity index (χ2v) is 4.47. The molecule has 1 aliphatic heterocycles. The molecule has 1 fully saturated rings. The Balaban J connectivity index is 2.08. The van der Waals surface area contributed by atoms with Crippen LogP contribution in [0.5, 0.6) is 0 Å². The van der Waals surface area contributed by atoms with Crippen molar-refractivity contribution in [2.75, 3.05) is 20.3 Å². The Hall–Kier alpha value is -1.35. The van der Waals surface area contributed by atoms with Crippen LogP contribution < -0.4 is 0 Å². The quantitative estimate of drug-likeness (QED) is 0.745. The van der Waals surface area contributed by atoms with E-state index in [-0.39, 0.29) is 0 Å². The van der Waals surface area contributed by atoms with Gasteiger partial charge in [-0.1, -0.05) is 30.3 Å². The van der Waals surface area contributed by atoms with Crippen molar-refractivity contribution in [2.45, 2.75) is 25.8 Å². The van der Waals surface area contributed by atoms with Crippen molar-refractivity contribution in [1.29, 1.82) is 0 Å². The molecule has 0 aromatic heterocycles. The number of hydrogen-bond acceptors (Lipinski definition) is 3. The van der Waals surface area contributed by atoms with E-state index in [9.17, 15) is 0 Å². The normalized spacial score (nSPS) is 20.9. The van der Waals surface area contributed by atoms with Crippen LogP contribution in [-0.4, -0.2) is 37.0 Å². The highest BCUT2D eigenvalue weighted by atomic mass is 16.5. The van der Waals surface area contributed by atoms with Gasteiger partial charge in [-0.25, -0.2) is 0 Å².